The molecule has 0 aliphatic carbocycles. The fraction of sp³-hybridized carbons (Fsp3) is 0.214. The minimum absolute atomic E-state index is 0.115. The predicted molar refractivity (Wildman–Crippen MR) is 133 cm³/mol. The number of nitrogens with zero attached hydrogens (tertiary/aromatic N) is 4. The lowest BCUT2D eigenvalue weighted by Crippen LogP contribution is -2.46. The molecule has 3 aromatic carbocycles. The lowest BCUT2D eigenvalue weighted by molar-refractivity contribution is -0.114. The van der Waals surface area contributed by atoms with E-state index in [2.05, 4.69) is 14.9 Å². The van der Waals surface area contributed by atoms with Crippen LogP contribution >= 0.6 is 0 Å². The van der Waals surface area contributed by atoms with Crippen molar-refractivity contribution >= 4 is 17.3 Å². The van der Waals surface area contributed by atoms with Crippen LogP contribution in [0.2, 0.25) is 0 Å². The summed E-state index contributed by atoms with van der Waals surface area (Å²) in [6.45, 7) is 4.75. The van der Waals surface area contributed by atoms with Gasteiger partial charge in [-0.05, 0) is 54.4 Å². The van der Waals surface area contributed by atoms with Gasteiger partial charge in [-0.15, -0.1) is 0 Å². The number of hydrazone groups is 1. The summed E-state index contributed by atoms with van der Waals surface area (Å²) in [4.78, 5) is 17.5. The minimum atomic E-state index is -0.286. The van der Waals surface area contributed by atoms with Crippen LogP contribution < -0.4 is 5.01 Å². The summed E-state index contributed by atoms with van der Waals surface area (Å²) < 4.78 is 27.1. The second-order valence-electron chi connectivity index (χ2n) is 8.76. The smallest absolute Gasteiger partial charge is 0.282 e. The normalized spacial score (nSPS) is 18.0. The van der Waals surface area contributed by atoms with E-state index in [4.69, 9.17) is 0 Å². The summed E-state index contributed by atoms with van der Waals surface area (Å²) in [7, 11) is 0. The Labute approximate surface area is 203 Å². The van der Waals surface area contributed by atoms with Gasteiger partial charge in [0.05, 0.1) is 23.0 Å². The number of carbonyl (C=O) groups is 1. The second kappa shape index (κ2) is 9.80. The van der Waals surface area contributed by atoms with Gasteiger partial charge in [0.1, 0.15) is 11.6 Å². The van der Waals surface area contributed by atoms with E-state index < -0.39 is 0 Å². The zero-order valence-electron chi connectivity index (χ0n) is 19.4. The van der Waals surface area contributed by atoms with Crippen molar-refractivity contribution in [3.05, 3.63) is 113 Å². The summed E-state index contributed by atoms with van der Waals surface area (Å²) in [6.07, 6.45) is 1.91. The van der Waals surface area contributed by atoms with Gasteiger partial charge in [0.2, 0.25) is 0 Å². The highest BCUT2D eigenvalue weighted by atomic mass is 19.1. The molecule has 5 nitrogen and oxygen atoms in total. The first-order valence-electron chi connectivity index (χ1n) is 11.7. The quantitative estimate of drug-likeness (QED) is 0.492. The molecule has 0 saturated carbocycles. The maximum atomic E-state index is 13.6. The Morgan fingerprint density at radius 2 is 1.34 bits per heavy atom. The van der Waals surface area contributed by atoms with E-state index in [-0.39, 0.29) is 23.6 Å². The van der Waals surface area contributed by atoms with Crippen molar-refractivity contribution in [2.24, 2.45) is 5.10 Å². The van der Waals surface area contributed by atoms with Crippen LogP contribution in [0.3, 0.4) is 0 Å². The van der Waals surface area contributed by atoms with Crippen LogP contribution in [0.25, 0.3) is 0 Å². The summed E-state index contributed by atoms with van der Waals surface area (Å²) in [5.41, 5.74) is 3.94. The van der Waals surface area contributed by atoms with Crippen molar-refractivity contribution < 1.29 is 13.6 Å². The van der Waals surface area contributed by atoms with Crippen molar-refractivity contribution in [2.75, 3.05) is 31.2 Å². The maximum Gasteiger partial charge on any atom is 0.282 e. The Balaban J connectivity index is 1.32. The molecule has 2 aliphatic heterocycles. The van der Waals surface area contributed by atoms with Gasteiger partial charge in [0, 0.05) is 32.4 Å². The number of benzene rings is 3. The lowest BCUT2D eigenvalue weighted by atomic mass is 9.96. The Morgan fingerprint density at radius 3 is 1.89 bits per heavy atom. The van der Waals surface area contributed by atoms with Gasteiger partial charge in [0.15, 0.2) is 0 Å². The monoisotopic (exact) mass is 472 g/mol. The van der Waals surface area contributed by atoms with Gasteiger partial charge < -0.3 is 4.90 Å². The van der Waals surface area contributed by atoms with Gasteiger partial charge in [-0.25, -0.2) is 8.78 Å². The number of hydrogen-bond donors (Lipinski definition) is 0. The molecular formula is C28H26F2N4O. The van der Waals surface area contributed by atoms with E-state index in [0.717, 1.165) is 29.9 Å². The van der Waals surface area contributed by atoms with Crippen LogP contribution in [-0.4, -0.2) is 47.6 Å². The SMILES string of the molecule is CC1=NN(c2ccccc2)C(=O)/C1=C/N1CCN(C(c2ccc(F)cc2)c2ccc(F)cc2)CC1. The minimum Gasteiger partial charge on any atom is -0.374 e. The first kappa shape index (κ1) is 22.9. The van der Waals surface area contributed by atoms with Gasteiger partial charge in [-0.1, -0.05) is 42.5 Å². The Bertz CT molecular complexity index is 1200. The van der Waals surface area contributed by atoms with Crippen LogP contribution in [0.4, 0.5) is 14.5 Å². The van der Waals surface area contributed by atoms with E-state index in [1.807, 2.05) is 43.5 Å². The Hall–Kier alpha value is -3.84. The first-order valence-corrected chi connectivity index (χ1v) is 11.7. The van der Waals surface area contributed by atoms with E-state index >= 15 is 0 Å². The number of rotatable bonds is 5. The number of carbonyl (C=O) groups excluding carboxylic acids is 1. The molecule has 2 heterocycles. The van der Waals surface area contributed by atoms with Crippen molar-refractivity contribution in [3.8, 4) is 0 Å². The van der Waals surface area contributed by atoms with E-state index in [0.29, 0.717) is 24.4 Å². The molecule has 0 unspecified atom stereocenters. The van der Waals surface area contributed by atoms with Crippen molar-refractivity contribution in [1.82, 2.24) is 9.80 Å². The van der Waals surface area contributed by atoms with Gasteiger partial charge in [-0.2, -0.15) is 10.1 Å². The highest BCUT2D eigenvalue weighted by Crippen LogP contribution is 2.30. The molecule has 7 heteroatoms. The molecule has 0 radical (unpaired) electrons. The van der Waals surface area contributed by atoms with Gasteiger partial charge in [0.25, 0.3) is 5.91 Å². The number of anilines is 1. The molecule has 0 atom stereocenters. The third-order valence-electron chi connectivity index (χ3n) is 6.46. The second-order valence-corrected chi connectivity index (χ2v) is 8.76. The zero-order valence-corrected chi connectivity index (χ0v) is 19.4. The largest absolute Gasteiger partial charge is 0.374 e. The van der Waals surface area contributed by atoms with E-state index in [1.54, 1.807) is 24.3 Å². The predicted octanol–water partition coefficient (Wildman–Crippen LogP) is 4.98. The van der Waals surface area contributed by atoms with E-state index in [1.165, 1.54) is 29.3 Å². The highest BCUT2D eigenvalue weighted by Gasteiger charge is 2.31. The molecule has 0 N–H and O–H groups in total. The van der Waals surface area contributed by atoms with Gasteiger partial charge >= 0.3 is 0 Å². The fourth-order valence-electron chi connectivity index (χ4n) is 4.62. The molecule has 3 aromatic rings. The number of piperazine rings is 1. The molecule has 0 spiro atoms. The standard InChI is InChI=1S/C28H26F2N4O/c1-20-26(28(35)34(31-20)25-5-3-2-4-6-25)19-32-15-17-33(18-16-32)27(21-7-11-23(29)12-8-21)22-9-13-24(30)14-10-22/h2-14,19,27H,15-18H2,1H3/b26-19+. The average Bonchev–Trinajstić information content (AvgIpc) is 3.16. The van der Waals surface area contributed by atoms with Crippen molar-refractivity contribution in [2.45, 2.75) is 13.0 Å². The van der Waals surface area contributed by atoms with Crippen LogP contribution in [0.5, 0.6) is 0 Å². The molecule has 1 amide bonds. The third kappa shape index (κ3) is 4.86. The molecule has 0 aromatic heterocycles. The number of halogens is 2. The van der Waals surface area contributed by atoms with Crippen LogP contribution in [-0.2, 0) is 4.79 Å². The first-order chi connectivity index (χ1) is 17.0. The van der Waals surface area contributed by atoms with Crippen LogP contribution in [0.15, 0.2) is 95.7 Å². The Kier molecular flexibility index (Phi) is 6.42. The third-order valence-corrected chi connectivity index (χ3v) is 6.46. The zero-order chi connectivity index (χ0) is 24.4. The molecule has 0 bridgehead atoms. The Morgan fingerprint density at radius 1 is 0.800 bits per heavy atom. The molecule has 1 saturated heterocycles. The lowest BCUT2D eigenvalue weighted by Gasteiger charge is -2.39. The fourth-order valence-corrected chi connectivity index (χ4v) is 4.62. The summed E-state index contributed by atoms with van der Waals surface area (Å²) in [5.74, 6) is -0.705. The topological polar surface area (TPSA) is 39.2 Å². The summed E-state index contributed by atoms with van der Waals surface area (Å²) >= 11 is 0. The number of hydrogen-bond acceptors (Lipinski definition) is 4. The maximum absolute atomic E-state index is 13.6. The summed E-state index contributed by atoms with van der Waals surface area (Å²) in [5, 5.41) is 5.90. The average molecular weight is 473 g/mol. The molecule has 35 heavy (non-hydrogen) atoms. The molecule has 178 valence electrons. The molecule has 5 rings (SSSR count). The number of para-hydroxylation sites is 1. The van der Waals surface area contributed by atoms with Crippen molar-refractivity contribution in [1.29, 1.82) is 0 Å². The highest BCUT2D eigenvalue weighted by molar-refractivity contribution is 6.29. The van der Waals surface area contributed by atoms with Crippen LogP contribution in [0.1, 0.15) is 24.1 Å². The number of amides is 1. The van der Waals surface area contributed by atoms with Crippen molar-refractivity contribution in [3.63, 3.8) is 0 Å². The van der Waals surface area contributed by atoms with Crippen LogP contribution in [0, 0.1) is 11.6 Å². The molecule has 2 aliphatic rings. The van der Waals surface area contributed by atoms with Gasteiger partial charge in [-0.3, -0.25) is 9.69 Å². The molecular weight excluding hydrogens is 446 g/mol. The van der Waals surface area contributed by atoms with E-state index in [9.17, 15) is 13.6 Å². The molecule has 1 fully saturated rings. The summed E-state index contributed by atoms with van der Waals surface area (Å²) in [6, 6.07) is 22.2.